The topological polar surface area (TPSA) is 45.1 Å². The Balaban J connectivity index is 2.26. The second-order valence-electron chi connectivity index (χ2n) is 5.40. The molecule has 2 aromatic rings. The van der Waals surface area contributed by atoms with Crippen LogP contribution in [0, 0.1) is 5.92 Å². The van der Waals surface area contributed by atoms with Crippen LogP contribution in [-0.2, 0) is 0 Å². The first-order valence-electron chi connectivity index (χ1n) is 6.40. The van der Waals surface area contributed by atoms with Crippen LogP contribution in [0.1, 0.15) is 20.8 Å². The number of hydrogen-bond donors (Lipinski definition) is 2. The van der Waals surface area contributed by atoms with Crippen LogP contribution in [0.2, 0.25) is 0 Å². The molecule has 19 heavy (non-hydrogen) atoms. The zero-order valence-electron chi connectivity index (χ0n) is 11.4. The van der Waals surface area contributed by atoms with Crippen molar-refractivity contribution in [3.8, 4) is 0 Å². The van der Waals surface area contributed by atoms with Crippen LogP contribution in [0.5, 0.6) is 0 Å². The van der Waals surface area contributed by atoms with Gasteiger partial charge in [0.1, 0.15) is 0 Å². The molecule has 3 nitrogen and oxygen atoms in total. The Labute approximate surface area is 122 Å². The Morgan fingerprint density at radius 3 is 2.84 bits per heavy atom. The van der Waals surface area contributed by atoms with Crippen molar-refractivity contribution >= 4 is 32.5 Å². The van der Waals surface area contributed by atoms with Crippen molar-refractivity contribution in [2.24, 2.45) is 5.92 Å². The van der Waals surface area contributed by atoms with Crippen molar-refractivity contribution in [1.29, 1.82) is 0 Å². The van der Waals surface area contributed by atoms with Crippen LogP contribution in [0.15, 0.2) is 34.9 Å². The average Bonchev–Trinajstić information content (AvgIpc) is 2.35. The normalized spacial score (nSPS) is 14.6. The summed E-state index contributed by atoms with van der Waals surface area (Å²) < 4.78 is 0.964. The lowest BCUT2D eigenvalue weighted by Gasteiger charge is -2.28. The fourth-order valence-electron chi connectivity index (χ4n) is 1.75. The largest absolute Gasteiger partial charge is 0.388 e. The van der Waals surface area contributed by atoms with Gasteiger partial charge in [-0.15, -0.1) is 0 Å². The molecule has 0 amide bonds. The van der Waals surface area contributed by atoms with Gasteiger partial charge in [0.15, 0.2) is 0 Å². The Morgan fingerprint density at radius 1 is 1.42 bits per heavy atom. The van der Waals surface area contributed by atoms with E-state index >= 15 is 0 Å². The van der Waals surface area contributed by atoms with E-state index in [0.29, 0.717) is 6.54 Å². The summed E-state index contributed by atoms with van der Waals surface area (Å²) in [4.78, 5) is 4.44. The summed E-state index contributed by atoms with van der Waals surface area (Å²) in [6.45, 7) is 6.38. The summed E-state index contributed by atoms with van der Waals surface area (Å²) in [6, 6.07) is 8.04. The van der Waals surface area contributed by atoms with E-state index in [1.54, 1.807) is 6.20 Å². The highest BCUT2D eigenvalue weighted by atomic mass is 79.9. The minimum absolute atomic E-state index is 0.192. The van der Waals surface area contributed by atoms with Crippen molar-refractivity contribution < 1.29 is 5.11 Å². The lowest BCUT2D eigenvalue weighted by molar-refractivity contribution is 0.0266. The molecule has 0 aliphatic carbocycles. The zero-order valence-corrected chi connectivity index (χ0v) is 13.0. The first-order valence-corrected chi connectivity index (χ1v) is 7.20. The number of nitrogens with zero attached hydrogens (tertiary/aromatic N) is 1. The highest BCUT2D eigenvalue weighted by molar-refractivity contribution is 9.10. The Hall–Kier alpha value is -1.13. The molecule has 1 unspecified atom stereocenters. The number of pyridine rings is 1. The number of para-hydroxylation sites is 1. The van der Waals surface area contributed by atoms with Crippen molar-refractivity contribution in [1.82, 2.24) is 4.98 Å². The van der Waals surface area contributed by atoms with Crippen molar-refractivity contribution in [3.05, 3.63) is 34.9 Å². The fraction of sp³-hybridized carbons (Fsp3) is 0.400. The number of fused-ring (bicyclic) bond motifs is 1. The first-order chi connectivity index (χ1) is 8.90. The van der Waals surface area contributed by atoms with E-state index in [9.17, 15) is 5.11 Å². The van der Waals surface area contributed by atoms with Gasteiger partial charge < -0.3 is 10.4 Å². The highest BCUT2D eigenvalue weighted by Gasteiger charge is 2.24. The fourth-order valence-corrected chi connectivity index (χ4v) is 2.10. The number of aliphatic hydroxyl groups is 1. The summed E-state index contributed by atoms with van der Waals surface area (Å²) in [6.07, 6.45) is 1.79. The van der Waals surface area contributed by atoms with Gasteiger partial charge in [-0.25, -0.2) is 0 Å². The third-order valence-electron chi connectivity index (χ3n) is 3.56. The van der Waals surface area contributed by atoms with Crippen LogP contribution in [-0.4, -0.2) is 22.2 Å². The Morgan fingerprint density at radius 2 is 2.16 bits per heavy atom. The van der Waals surface area contributed by atoms with E-state index < -0.39 is 5.60 Å². The van der Waals surface area contributed by atoms with Gasteiger partial charge >= 0.3 is 0 Å². The predicted molar refractivity (Wildman–Crippen MR) is 83.4 cm³/mol. The molecule has 0 aliphatic heterocycles. The predicted octanol–water partition coefficient (Wildman–Crippen LogP) is 3.82. The van der Waals surface area contributed by atoms with Crippen molar-refractivity contribution in [2.45, 2.75) is 26.4 Å². The standard InChI is InChI=1S/C15H19BrN2O/c1-10(2)15(3,19)9-18-13-6-4-5-11-7-12(16)8-17-14(11)13/h4-8,10,18-19H,9H2,1-3H3. The summed E-state index contributed by atoms with van der Waals surface area (Å²) in [5, 5.41) is 14.7. The molecule has 1 atom stereocenters. The summed E-state index contributed by atoms with van der Waals surface area (Å²) in [5.41, 5.74) is 1.13. The van der Waals surface area contributed by atoms with E-state index in [4.69, 9.17) is 0 Å². The number of rotatable bonds is 4. The van der Waals surface area contributed by atoms with Gasteiger partial charge in [0, 0.05) is 22.6 Å². The second kappa shape index (κ2) is 5.47. The molecular weight excluding hydrogens is 304 g/mol. The van der Waals surface area contributed by atoms with Crippen LogP contribution in [0.4, 0.5) is 5.69 Å². The van der Waals surface area contributed by atoms with E-state index in [1.807, 2.05) is 45.0 Å². The van der Waals surface area contributed by atoms with Gasteiger partial charge in [-0.2, -0.15) is 0 Å². The molecule has 0 aliphatic rings. The maximum absolute atomic E-state index is 10.3. The second-order valence-corrected chi connectivity index (χ2v) is 6.31. The minimum Gasteiger partial charge on any atom is -0.388 e. The number of halogens is 1. The molecule has 0 spiro atoms. The molecule has 0 bridgehead atoms. The third-order valence-corrected chi connectivity index (χ3v) is 3.99. The maximum atomic E-state index is 10.3. The molecule has 102 valence electrons. The summed E-state index contributed by atoms with van der Waals surface area (Å²) in [5.74, 6) is 0.192. The van der Waals surface area contributed by atoms with Crippen molar-refractivity contribution in [3.63, 3.8) is 0 Å². The van der Waals surface area contributed by atoms with Crippen LogP contribution in [0.3, 0.4) is 0 Å². The number of aromatic nitrogens is 1. The highest BCUT2D eigenvalue weighted by Crippen LogP contribution is 2.25. The molecule has 0 radical (unpaired) electrons. The lowest BCUT2D eigenvalue weighted by Crippen LogP contribution is -2.38. The average molecular weight is 323 g/mol. The van der Waals surface area contributed by atoms with E-state index in [2.05, 4.69) is 26.2 Å². The monoisotopic (exact) mass is 322 g/mol. The van der Waals surface area contributed by atoms with E-state index in [0.717, 1.165) is 21.1 Å². The Bertz CT molecular complexity index is 581. The molecule has 0 fully saturated rings. The lowest BCUT2D eigenvalue weighted by atomic mass is 9.92. The molecule has 1 heterocycles. The van der Waals surface area contributed by atoms with E-state index in [-0.39, 0.29) is 5.92 Å². The Kier molecular flexibility index (Phi) is 4.11. The third kappa shape index (κ3) is 3.25. The molecule has 0 saturated heterocycles. The van der Waals surface area contributed by atoms with Gasteiger partial charge in [0.05, 0.1) is 16.8 Å². The van der Waals surface area contributed by atoms with Gasteiger partial charge in [-0.1, -0.05) is 26.0 Å². The molecule has 1 aromatic carbocycles. The molecule has 1 aromatic heterocycles. The number of benzene rings is 1. The number of anilines is 1. The van der Waals surface area contributed by atoms with Gasteiger partial charge in [0.25, 0.3) is 0 Å². The van der Waals surface area contributed by atoms with Crippen LogP contribution >= 0.6 is 15.9 Å². The first kappa shape index (κ1) is 14.3. The van der Waals surface area contributed by atoms with Gasteiger partial charge in [0.2, 0.25) is 0 Å². The SMILES string of the molecule is CC(C)C(C)(O)CNc1cccc2cc(Br)cnc12. The number of hydrogen-bond acceptors (Lipinski definition) is 3. The molecule has 4 heteroatoms. The molecule has 2 rings (SSSR count). The summed E-state index contributed by atoms with van der Waals surface area (Å²) in [7, 11) is 0. The summed E-state index contributed by atoms with van der Waals surface area (Å²) >= 11 is 3.42. The van der Waals surface area contributed by atoms with E-state index in [1.165, 1.54) is 0 Å². The molecular formula is C15H19BrN2O. The van der Waals surface area contributed by atoms with Crippen LogP contribution < -0.4 is 5.32 Å². The smallest absolute Gasteiger partial charge is 0.0934 e. The number of nitrogens with one attached hydrogen (secondary N) is 1. The maximum Gasteiger partial charge on any atom is 0.0934 e. The minimum atomic E-state index is -0.739. The molecule has 2 N–H and O–H groups in total. The zero-order chi connectivity index (χ0) is 14.0. The van der Waals surface area contributed by atoms with Crippen LogP contribution in [0.25, 0.3) is 10.9 Å². The quantitative estimate of drug-likeness (QED) is 0.899. The van der Waals surface area contributed by atoms with Gasteiger partial charge in [-0.3, -0.25) is 4.98 Å². The van der Waals surface area contributed by atoms with Gasteiger partial charge in [-0.05, 0) is 40.9 Å². The van der Waals surface area contributed by atoms with Crippen molar-refractivity contribution in [2.75, 3.05) is 11.9 Å². The molecule has 0 saturated carbocycles.